The molecular formula is C16H23ClN2O. The lowest BCUT2D eigenvalue weighted by Crippen LogP contribution is -2.46. The number of hydrogen-bond donors (Lipinski definition) is 1. The Kier molecular flexibility index (Phi) is 2.94. The van der Waals surface area contributed by atoms with Gasteiger partial charge in [-0.2, -0.15) is 5.10 Å². The first-order valence-electron chi connectivity index (χ1n) is 7.90. The van der Waals surface area contributed by atoms with Gasteiger partial charge >= 0.3 is 0 Å². The highest BCUT2D eigenvalue weighted by atomic mass is 35.5. The molecule has 4 bridgehead atoms. The van der Waals surface area contributed by atoms with Gasteiger partial charge in [-0.15, -0.1) is 0 Å². The van der Waals surface area contributed by atoms with Crippen LogP contribution in [-0.2, 0) is 7.05 Å². The maximum atomic E-state index is 10.7. The Labute approximate surface area is 125 Å². The van der Waals surface area contributed by atoms with E-state index < -0.39 is 6.10 Å². The summed E-state index contributed by atoms with van der Waals surface area (Å²) in [5.41, 5.74) is 1.17. The minimum Gasteiger partial charge on any atom is -0.387 e. The van der Waals surface area contributed by atoms with Crippen molar-refractivity contribution < 1.29 is 5.11 Å². The second-order valence-electron chi connectivity index (χ2n) is 7.64. The predicted octanol–water partition coefficient (Wildman–Crippen LogP) is 3.71. The van der Waals surface area contributed by atoms with Crippen molar-refractivity contribution in [2.45, 2.75) is 51.0 Å². The second-order valence-corrected chi connectivity index (χ2v) is 8.05. The monoisotopic (exact) mass is 294 g/mol. The molecule has 4 saturated carbocycles. The van der Waals surface area contributed by atoms with E-state index in [1.807, 2.05) is 7.05 Å². The highest BCUT2D eigenvalue weighted by Crippen LogP contribution is 2.62. The third-order valence-corrected chi connectivity index (χ3v) is 6.34. The molecule has 1 aromatic heterocycles. The quantitative estimate of drug-likeness (QED) is 0.923. The van der Waals surface area contributed by atoms with Gasteiger partial charge in [-0.3, -0.25) is 4.68 Å². The van der Waals surface area contributed by atoms with Crippen molar-refractivity contribution in [2.24, 2.45) is 30.2 Å². The zero-order valence-electron chi connectivity index (χ0n) is 12.1. The minimum absolute atomic E-state index is 0.377. The molecule has 4 aliphatic carbocycles. The van der Waals surface area contributed by atoms with Gasteiger partial charge in [0.1, 0.15) is 0 Å². The molecule has 0 aromatic carbocycles. The zero-order chi connectivity index (χ0) is 13.9. The summed E-state index contributed by atoms with van der Waals surface area (Å²) in [4.78, 5) is 0. The maximum Gasteiger partial charge on any atom is 0.0977 e. The Morgan fingerprint density at radius 3 is 2.30 bits per heavy atom. The molecule has 4 heteroatoms. The summed E-state index contributed by atoms with van der Waals surface area (Å²) in [6, 6.07) is 0. The molecule has 1 atom stereocenters. The van der Waals surface area contributed by atoms with Gasteiger partial charge in [0.25, 0.3) is 0 Å². The van der Waals surface area contributed by atoms with E-state index >= 15 is 0 Å². The Hall–Kier alpha value is -0.540. The summed E-state index contributed by atoms with van der Waals surface area (Å²) in [7, 11) is 1.87. The normalized spacial score (nSPS) is 40.2. The third-order valence-electron chi connectivity index (χ3n) is 6.04. The Bertz CT molecular complexity index is 470. The molecule has 0 spiro atoms. The van der Waals surface area contributed by atoms with Crippen LogP contribution >= 0.6 is 11.6 Å². The molecule has 110 valence electrons. The van der Waals surface area contributed by atoms with Crippen LogP contribution in [0.3, 0.4) is 0 Å². The fraction of sp³-hybridized carbons (Fsp3) is 0.812. The van der Waals surface area contributed by atoms with Crippen LogP contribution in [0.15, 0.2) is 6.20 Å². The summed E-state index contributed by atoms with van der Waals surface area (Å²) in [5.74, 6) is 2.78. The van der Waals surface area contributed by atoms with Crippen LogP contribution in [0.5, 0.6) is 0 Å². The summed E-state index contributed by atoms with van der Waals surface area (Å²) >= 11 is 6.18. The van der Waals surface area contributed by atoms with Crippen molar-refractivity contribution in [3.05, 3.63) is 16.9 Å². The summed E-state index contributed by atoms with van der Waals surface area (Å²) in [5, 5.41) is 15.4. The van der Waals surface area contributed by atoms with Gasteiger partial charge in [0.15, 0.2) is 0 Å². The summed E-state index contributed by atoms with van der Waals surface area (Å²) < 4.78 is 1.73. The zero-order valence-corrected chi connectivity index (χ0v) is 12.8. The van der Waals surface area contributed by atoms with E-state index in [0.717, 1.165) is 29.9 Å². The highest BCUT2D eigenvalue weighted by Gasteiger charge is 2.51. The highest BCUT2D eigenvalue weighted by molar-refractivity contribution is 6.31. The van der Waals surface area contributed by atoms with Crippen molar-refractivity contribution in [3.63, 3.8) is 0 Å². The van der Waals surface area contributed by atoms with Crippen molar-refractivity contribution in [2.75, 3.05) is 0 Å². The minimum atomic E-state index is -0.466. The van der Waals surface area contributed by atoms with Gasteiger partial charge in [-0.05, 0) is 68.1 Å². The number of aryl methyl sites for hydroxylation is 1. The van der Waals surface area contributed by atoms with E-state index in [1.165, 1.54) is 38.5 Å². The van der Waals surface area contributed by atoms with E-state index in [4.69, 9.17) is 11.6 Å². The SMILES string of the molecule is Cn1ncc(Cl)c1C(O)CC12CC3CC(CC(C3)C1)C2. The van der Waals surface area contributed by atoms with Gasteiger partial charge in [-0.25, -0.2) is 0 Å². The lowest BCUT2D eigenvalue weighted by molar-refractivity contribution is -0.0772. The van der Waals surface area contributed by atoms with Crippen molar-refractivity contribution in [1.82, 2.24) is 9.78 Å². The fourth-order valence-electron chi connectivity index (χ4n) is 5.84. The number of rotatable bonds is 3. The van der Waals surface area contributed by atoms with Crippen LogP contribution in [0.4, 0.5) is 0 Å². The number of hydrogen-bond acceptors (Lipinski definition) is 2. The summed E-state index contributed by atoms with van der Waals surface area (Å²) in [6.07, 6.45) is 10.4. The van der Waals surface area contributed by atoms with Crippen molar-refractivity contribution in [1.29, 1.82) is 0 Å². The van der Waals surface area contributed by atoms with E-state index in [2.05, 4.69) is 5.10 Å². The standard InChI is InChI=1S/C16H23ClN2O/c1-19-15(13(17)9-18-19)14(20)8-16-5-10-2-11(6-16)4-12(3-10)7-16/h9-12,14,20H,2-8H2,1H3. The Morgan fingerprint density at radius 1 is 1.30 bits per heavy atom. The molecular weight excluding hydrogens is 272 g/mol. The molecule has 4 fully saturated rings. The molecule has 0 amide bonds. The topological polar surface area (TPSA) is 38.0 Å². The lowest BCUT2D eigenvalue weighted by atomic mass is 9.48. The Morgan fingerprint density at radius 2 is 1.85 bits per heavy atom. The average molecular weight is 295 g/mol. The van der Waals surface area contributed by atoms with Gasteiger partial charge in [0.05, 0.1) is 23.0 Å². The second kappa shape index (κ2) is 4.48. The van der Waals surface area contributed by atoms with E-state index in [0.29, 0.717) is 10.4 Å². The van der Waals surface area contributed by atoms with E-state index in [1.54, 1.807) is 10.9 Å². The first-order valence-corrected chi connectivity index (χ1v) is 8.28. The van der Waals surface area contributed by atoms with Crippen molar-refractivity contribution in [3.8, 4) is 0 Å². The third kappa shape index (κ3) is 2.01. The van der Waals surface area contributed by atoms with Crippen molar-refractivity contribution >= 4 is 11.6 Å². The molecule has 1 aromatic rings. The summed E-state index contributed by atoms with van der Waals surface area (Å²) in [6.45, 7) is 0. The molecule has 3 nitrogen and oxygen atoms in total. The van der Waals surface area contributed by atoms with E-state index in [9.17, 15) is 5.11 Å². The van der Waals surface area contributed by atoms with Crippen LogP contribution in [0, 0.1) is 23.2 Å². The van der Waals surface area contributed by atoms with Crippen LogP contribution in [0.1, 0.15) is 56.7 Å². The molecule has 0 saturated heterocycles. The molecule has 5 rings (SSSR count). The molecule has 1 unspecified atom stereocenters. The first-order chi connectivity index (χ1) is 9.55. The predicted molar refractivity (Wildman–Crippen MR) is 78.4 cm³/mol. The molecule has 1 heterocycles. The van der Waals surface area contributed by atoms with Crippen LogP contribution in [0.2, 0.25) is 5.02 Å². The smallest absolute Gasteiger partial charge is 0.0977 e. The number of aromatic nitrogens is 2. The fourth-order valence-corrected chi connectivity index (χ4v) is 6.13. The van der Waals surface area contributed by atoms with Crippen LogP contribution in [0.25, 0.3) is 0 Å². The molecule has 0 aliphatic heterocycles. The number of halogens is 1. The van der Waals surface area contributed by atoms with Gasteiger partial charge in [-0.1, -0.05) is 11.6 Å². The molecule has 4 aliphatic rings. The number of nitrogens with zero attached hydrogens (tertiary/aromatic N) is 2. The largest absolute Gasteiger partial charge is 0.387 e. The molecule has 20 heavy (non-hydrogen) atoms. The first kappa shape index (κ1) is 13.1. The maximum absolute atomic E-state index is 10.7. The lowest BCUT2D eigenvalue weighted by Gasteiger charge is -2.57. The Balaban J connectivity index is 1.57. The van der Waals surface area contributed by atoms with Gasteiger partial charge < -0.3 is 5.11 Å². The van der Waals surface area contributed by atoms with Gasteiger partial charge in [0, 0.05) is 7.05 Å². The van der Waals surface area contributed by atoms with Crippen LogP contribution in [-0.4, -0.2) is 14.9 Å². The molecule has 0 radical (unpaired) electrons. The van der Waals surface area contributed by atoms with Crippen LogP contribution < -0.4 is 0 Å². The number of aliphatic hydroxyl groups is 1. The number of aliphatic hydroxyl groups excluding tert-OH is 1. The van der Waals surface area contributed by atoms with Gasteiger partial charge in [0.2, 0.25) is 0 Å². The van der Waals surface area contributed by atoms with E-state index in [-0.39, 0.29) is 0 Å². The molecule has 1 N–H and O–H groups in total. The average Bonchev–Trinajstić information content (AvgIpc) is 2.66.